The van der Waals surface area contributed by atoms with E-state index in [-0.39, 0.29) is 36.6 Å². The highest BCUT2D eigenvalue weighted by molar-refractivity contribution is 5.90. The van der Waals surface area contributed by atoms with Gasteiger partial charge in [-0.1, -0.05) is 6.92 Å². The molecule has 2 N–H and O–H groups in total. The van der Waals surface area contributed by atoms with Gasteiger partial charge in [-0.25, -0.2) is 0 Å². The third-order valence-corrected chi connectivity index (χ3v) is 3.90. The third kappa shape index (κ3) is 3.95. The number of hydrogen-bond donors (Lipinski definition) is 2. The molecule has 0 aliphatic carbocycles. The van der Waals surface area contributed by atoms with Gasteiger partial charge in [0.15, 0.2) is 0 Å². The van der Waals surface area contributed by atoms with E-state index in [0.29, 0.717) is 13.0 Å². The van der Waals surface area contributed by atoms with E-state index in [4.69, 9.17) is 5.11 Å². The van der Waals surface area contributed by atoms with Crippen LogP contribution in [-0.2, 0) is 14.4 Å². The van der Waals surface area contributed by atoms with Gasteiger partial charge in [0.25, 0.3) is 0 Å². The molecule has 0 aromatic heterocycles. The molecule has 1 aliphatic heterocycles. The Bertz CT molecular complexity index is 408. The monoisotopic (exact) mass is 284 g/mol. The maximum atomic E-state index is 12.2. The minimum atomic E-state index is -0.944. The summed E-state index contributed by atoms with van der Waals surface area (Å²) >= 11 is 0. The van der Waals surface area contributed by atoms with Crippen LogP contribution in [0.2, 0.25) is 0 Å². The fourth-order valence-electron chi connectivity index (χ4n) is 2.40. The molecule has 0 radical (unpaired) electrons. The molecule has 1 saturated heterocycles. The van der Waals surface area contributed by atoms with Gasteiger partial charge in [-0.05, 0) is 27.2 Å². The number of nitrogens with one attached hydrogen (secondary N) is 1. The predicted molar refractivity (Wildman–Crippen MR) is 74.0 cm³/mol. The van der Waals surface area contributed by atoms with Gasteiger partial charge < -0.3 is 15.3 Å². The second-order valence-corrected chi connectivity index (χ2v) is 6.01. The molecule has 6 nitrogen and oxygen atoms in total. The molecular weight excluding hydrogens is 260 g/mol. The molecule has 0 aromatic carbocycles. The van der Waals surface area contributed by atoms with Crippen molar-refractivity contribution in [2.75, 3.05) is 6.54 Å². The van der Waals surface area contributed by atoms with Crippen molar-refractivity contribution in [2.24, 2.45) is 5.92 Å². The lowest BCUT2D eigenvalue weighted by atomic mass is 9.93. The van der Waals surface area contributed by atoms with Crippen LogP contribution < -0.4 is 5.32 Å². The number of rotatable bonds is 6. The fourth-order valence-corrected chi connectivity index (χ4v) is 2.40. The van der Waals surface area contributed by atoms with E-state index in [1.54, 1.807) is 11.8 Å². The van der Waals surface area contributed by atoms with Gasteiger partial charge in [-0.2, -0.15) is 0 Å². The Labute approximate surface area is 119 Å². The van der Waals surface area contributed by atoms with Crippen LogP contribution in [0.3, 0.4) is 0 Å². The van der Waals surface area contributed by atoms with Crippen molar-refractivity contribution in [3.63, 3.8) is 0 Å². The van der Waals surface area contributed by atoms with Crippen molar-refractivity contribution in [1.82, 2.24) is 10.2 Å². The summed E-state index contributed by atoms with van der Waals surface area (Å²) in [6.45, 7) is 7.80. The molecule has 1 fully saturated rings. The number of amides is 2. The Hall–Kier alpha value is -1.59. The van der Waals surface area contributed by atoms with E-state index < -0.39 is 11.5 Å². The molecule has 114 valence electrons. The molecule has 2 atom stereocenters. The molecule has 0 aromatic rings. The van der Waals surface area contributed by atoms with Crippen molar-refractivity contribution < 1.29 is 19.5 Å². The second-order valence-electron chi connectivity index (χ2n) is 6.01. The van der Waals surface area contributed by atoms with Crippen molar-refractivity contribution in [3.05, 3.63) is 0 Å². The summed E-state index contributed by atoms with van der Waals surface area (Å²) in [5, 5.41) is 11.7. The molecule has 20 heavy (non-hydrogen) atoms. The molecule has 2 amide bonds. The summed E-state index contributed by atoms with van der Waals surface area (Å²) in [6.07, 6.45) is 0.611. The smallest absolute Gasteiger partial charge is 0.305 e. The van der Waals surface area contributed by atoms with Crippen LogP contribution >= 0.6 is 0 Å². The predicted octanol–water partition coefficient (Wildman–Crippen LogP) is 1.00. The van der Waals surface area contributed by atoms with E-state index >= 15 is 0 Å². The standard InChI is InChI=1S/C14H24N2O4/c1-5-14(4,7-12(18)19)15-13(20)10-6-11(17)16(8-10)9(2)3/h9-10H,5-8H2,1-4H3,(H,15,20)(H,18,19)/t10-,14+/m1/s1. The van der Waals surface area contributed by atoms with Crippen molar-refractivity contribution in [3.8, 4) is 0 Å². The zero-order valence-electron chi connectivity index (χ0n) is 12.6. The number of nitrogens with zero attached hydrogens (tertiary/aromatic N) is 1. The van der Waals surface area contributed by atoms with Crippen molar-refractivity contribution in [1.29, 1.82) is 0 Å². The van der Waals surface area contributed by atoms with Gasteiger partial charge in [0.2, 0.25) is 11.8 Å². The minimum Gasteiger partial charge on any atom is -0.481 e. The van der Waals surface area contributed by atoms with Gasteiger partial charge in [-0.3, -0.25) is 14.4 Å². The number of carboxylic acid groups (broad SMARTS) is 1. The van der Waals surface area contributed by atoms with Crippen LogP contribution in [0.5, 0.6) is 0 Å². The Morgan fingerprint density at radius 2 is 2.10 bits per heavy atom. The van der Waals surface area contributed by atoms with E-state index in [1.807, 2.05) is 20.8 Å². The summed E-state index contributed by atoms with van der Waals surface area (Å²) < 4.78 is 0. The molecule has 1 heterocycles. The van der Waals surface area contributed by atoms with Crippen LogP contribution in [-0.4, -0.2) is 45.9 Å². The number of likely N-dealkylation sites (tertiary alicyclic amines) is 1. The maximum Gasteiger partial charge on any atom is 0.305 e. The maximum absolute atomic E-state index is 12.2. The van der Waals surface area contributed by atoms with Crippen molar-refractivity contribution >= 4 is 17.8 Å². The highest BCUT2D eigenvalue weighted by Crippen LogP contribution is 2.22. The molecule has 0 unspecified atom stereocenters. The van der Waals surface area contributed by atoms with Crippen molar-refractivity contribution in [2.45, 2.75) is 58.5 Å². The number of carboxylic acids is 1. The van der Waals surface area contributed by atoms with Gasteiger partial charge in [0.1, 0.15) is 0 Å². The lowest BCUT2D eigenvalue weighted by Crippen LogP contribution is -2.49. The number of carbonyl (C=O) groups is 3. The molecule has 0 saturated carbocycles. The molecular formula is C14H24N2O4. The molecule has 6 heteroatoms. The van der Waals surface area contributed by atoms with Gasteiger partial charge >= 0.3 is 5.97 Å². The van der Waals surface area contributed by atoms with Crippen LogP contribution in [0, 0.1) is 5.92 Å². The average Bonchev–Trinajstić information content (AvgIpc) is 2.70. The van der Waals surface area contributed by atoms with Crippen LogP contribution in [0.15, 0.2) is 0 Å². The van der Waals surface area contributed by atoms with E-state index in [1.165, 1.54) is 0 Å². The summed E-state index contributed by atoms with van der Waals surface area (Å²) in [7, 11) is 0. The Balaban J connectivity index is 2.67. The third-order valence-electron chi connectivity index (χ3n) is 3.90. The second kappa shape index (κ2) is 6.24. The average molecular weight is 284 g/mol. The summed E-state index contributed by atoms with van der Waals surface area (Å²) in [4.78, 5) is 36.6. The largest absolute Gasteiger partial charge is 0.481 e. The number of carbonyl (C=O) groups excluding carboxylic acids is 2. The summed E-state index contributed by atoms with van der Waals surface area (Å²) in [5.41, 5.74) is -0.767. The zero-order chi connectivity index (χ0) is 15.5. The van der Waals surface area contributed by atoms with E-state index in [9.17, 15) is 14.4 Å². The Kier molecular flexibility index (Phi) is 5.14. The van der Waals surface area contributed by atoms with Crippen LogP contribution in [0.1, 0.15) is 47.0 Å². The van der Waals surface area contributed by atoms with Gasteiger partial charge in [0, 0.05) is 24.5 Å². The number of aliphatic carboxylic acids is 1. The van der Waals surface area contributed by atoms with E-state index in [0.717, 1.165) is 0 Å². The van der Waals surface area contributed by atoms with E-state index in [2.05, 4.69) is 5.32 Å². The quantitative estimate of drug-likeness (QED) is 0.762. The molecule has 0 spiro atoms. The minimum absolute atomic E-state index is 0.0170. The lowest BCUT2D eigenvalue weighted by molar-refractivity contribution is -0.139. The first-order chi connectivity index (χ1) is 9.18. The van der Waals surface area contributed by atoms with Gasteiger partial charge in [0.05, 0.1) is 12.3 Å². The van der Waals surface area contributed by atoms with Crippen LogP contribution in [0.25, 0.3) is 0 Å². The summed E-state index contributed by atoms with van der Waals surface area (Å²) in [5.74, 6) is -1.57. The first-order valence-corrected chi connectivity index (χ1v) is 7.02. The highest BCUT2D eigenvalue weighted by Gasteiger charge is 2.38. The SMILES string of the molecule is CC[C@@](C)(CC(=O)O)NC(=O)[C@@H]1CC(=O)N(C(C)C)C1. The highest BCUT2D eigenvalue weighted by atomic mass is 16.4. The first kappa shape index (κ1) is 16.5. The van der Waals surface area contributed by atoms with Crippen LogP contribution in [0.4, 0.5) is 0 Å². The Morgan fingerprint density at radius 3 is 2.50 bits per heavy atom. The number of hydrogen-bond acceptors (Lipinski definition) is 3. The summed E-state index contributed by atoms with van der Waals surface area (Å²) in [6, 6.07) is 0.0804. The molecule has 1 aliphatic rings. The molecule has 1 rings (SSSR count). The topological polar surface area (TPSA) is 86.7 Å². The Morgan fingerprint density at radius 1 is 1.50 bits per heavy atom. The normalized spacial score (nSPS) is 21.9. The fraction of sp³-hybridized carbons (Fsp3) is 0.786. The lowest BCUT2D eigenvalue weighted by Gasteiger charge is -2.29. The molecule has 0 bridgehead atoms. The zero-order valence-corrected chi connectivity index (χ0v) is 12.6. The van der Waals surface area contributed by atoms with Gasteiger partial charge in [-0.15, -0.1) is 0 Å². The first-order valence-electron chi connectivity index (χ1n) is 7.02.